The monoisotopic (exact) mass is 452 g/mol. The van der Waals surface area contributed by atoms with Gasteiger partial charge in [-0.15, -0.1) is 0 Å². The van der Waals surface area contributed by atoms with Gasteiger partial charge >= 0.3 is 6.18 Å². The number of alkyl halides is 3. The zero-order valence-corrected chi connectivity index (χ0v) is 19.4. The summed E-state index contributed by atoms with van der Waals surface area (Å²) in [6, 6.07) is 0.853. The number of aromatic nitrogens is 2. The van der Waals surface area contributed by atoms with E-state index in [0.29, 0.717) is 16.7 Å². The molecule has 0 bridgehead atoms. The van der Waals surface area contributed by atoms with Gasteiger partial charge in [0.05, 0.1) is 11.4 Å². The molecule has 0 radical (unpaired) electrons. The highest BCUT2D eigenvalue weighted by Crippen LogP contribution is 2.59. The van der Waals surface area contributed by atoms with Crippen LogP contribution >= 0.6 is 0 Å². The van der Waals surface area contributed by atoms with Gasteiger partial charge in [-0.05, 0) is 80.3 Å². The molecule has 2 fully saturated rings. The normalized spacial score (nSPS) is 21.3. The quantitative estimate of drug-likeness (QED) is 0.422. The number of rotatable bonds is 7. The van der Waals surface area contributed by atoms with Crippen LogP contribution in [-0.2, 0) is 13.2 Å². The van der Waals surface area contributed by atoms with Crippen LogP contribution in [0, 0.1) is 27.6 Å². The molecule has 0 aromatic carbocycles. The number of hydrogen-bond acceptors (Lipinski definition) is 4. The largest absolute Gasteiger partial charge is 0.435 e. The van der Waals surface area contributed by atoms with E-state index in [1.54, 1.807) is 0 Å². The summed E-state index contributed by atoms with van der Waals surface area (Å²) in [7, 11) is 1.37. The van der Waals surface area contributed by atoms with E-state index >= 15 is 0 Å². The van der Waals surface area contributed by atoms with Crippen molar-refractivity contribution in [3.8, 4) is 0 Å². The van der Waals surface area contributed by atoms with Gasteiger partial charge in [0.25, 0.3) is 0 Å². The van der Waals surface area contributed by atoms with Gasteiger partial charge in [0.2, 0.25) is 0 Å². The molecular formula is C23H35F3N6. The van der Waals surface area contributed by atoms with Crippen molar-refractivity contribution >= 4 is 11.5 Å². The lowest BCUT2D eigenvalue weighted by Gasteiger charge is -2.34. The van der Waals surface area contributed by atoms with E-state index in [1.165, 1.54) is 44.9 Å². The molecule has 0 amide bonds. The molecule has 1 aliphatic carbocycles. The molecule has 2 heterocycles. The molecule has 1 aromatic heterocycles. The lowest BCUT2D eigenvalue weighted by atomic mass is 9.88. The topological polar surface area (TPSA) is 80.8 Å². The Balaban J connectivity index is 1.41. The zero-order valence-electron chi connectivity index (χ0n) is 19.4. The third kappa shape index (κ3) is 6.21. The second-order valence-electron chi connectivity index (χ2n) is 10.5. The number of amidine groups is 1. The maximum absolute atomic E-state index is 12.8. The molecule has 32 heavy (non-hydrogen) atoms. The van der Waals surface area contributed by atoms with Crippen molar-refractivity contribution in [1.82, 2.24) is 20.0 Å². The molecule has 1 unspecified atom stereocenters. The first-order valence-electron chi connectivity index (χ1n) is 11.2. The van der Waals surface area contributed by atoms with Gasteiger partial charge in [-0.25, -0.2) is 0 Å². The molecular weight excluding hydrogens is 417 g/mol. The van der Waals surface area contributed by atoms with Crippen molar-refractivity contribution in [2.45, 2.75) is 52.6 Å². The van der Waals surface area contributed by atoms with E-state index in [-0.39, 0.29) is 17.2 Å². The standard InChI is InChI=1S/C23H35F3N6/c1-21(2,3)7-10-32-11-8-22(9-12-32)14-16(22)15-29-20(28)6-5-17(27)18-13-19(23(24,25)26)30-31(18)4/h5-6,13,16,27H,7-12,14-15H2,1-4H3,(H2,28,29)/b6-5-,27-17?. The first-order valence-corrected chi connectivity index (χ1v) is 11.2. The highest BCUT2D eigenvalue weighted by Gasteiger charge is 2.54. The molecule has 1 aliphatic heterocycles. The number of aryl methyl sites for hydroxylation is 1. The number of piperidine rings is 1. The maximum atomic E-state index is 12.8. The third-order valence-corrected chi connectivity index (χ3v) is 6.79. The predicted octanol–water partition coefficient (Wildman–Crippen LogP) is 4.47. The fraction of sp³-hybridized carbons (Fsp3) is 0.696. The van der Waals surface area contributed by atoms with Crippen molar-refractivity contribution in [2.24, 2.45) is 23.8 Å². The zero-order chi connectivity index (χ0) is 23.7. The molecule has 1 saturated heterocycles. The van der Waals surface area contributed by atoms with E-state index in [4.69, 9.17) is 10.8 Å². The van der Waals surface area contributed by atoms with Crippen LogP contribution < -0.4 is 5.32 Å². The highest BCUT2D eigenvalue weighted by molar-refractivity contribution is 6.08. The minimum atomic E-state index is -4.54. The Morgan fingerprint density at radius 2 is 1.88 bits per heavy atom. The van der Waals surface area contributed by atoms with Crippen LogP contribution in [0.25, 0.3) is 0 Å². The lowest BCUT2D eigenvalue weighted by Crippen LogP contribution is -2.37. The van der Waals surface area contributed by atoms with Crippen molar-refractivity contribution in [2.75, 3.05) is 26.2 Å². The van der Waals surface area contributed by atoms with E-state index in [1.807, 2.05) is 0 Å². The van der Waals surface area contributed by atoms with Crippen molar-refractivity contribution in [3.05, 3.63) is 29.6 Å². The predicted molar refractivity (Wildman–Crippen MR) is 120 cm³/mol. The Bertz CT molecular complexity index is 869. The van der Waals surface area contributed by atoms with Crippen LogP contribution in [0.2, 0.25) is 0 Å². The third-order valence-electron chi connectivity index (χ3n) is 6.79. The average molecular weight is 453 g/mol. The number of halogens is 3. The van der Waals surface area contributed by atoms with Crippen LogP contribution in [-0.4, -0.2) is 52.4 Å². The molecule has 1 atom stereocenters. The molecule has 1 saturated carbocycles. The number of nitrogens with zero attached hydrogens (tertiary/aromatic N) is 3. The van der Waals surface area contributed by atoms with E-state index in [9.17, 15) is 13.2 Å². The van der Waals surface area contributed by atoms with Gasteiger partial charge < -0.3 is 10.2 Å². The molecule has 178 valence electrons. The van der Waals surface area contributed by atoms with Crippen molar-refractivity contribution in [1.29, 1.82) is 10.8 Å². The summed E-state index contributed by atoms with van der Waals surface area (Å²) in [6.45, 7) is 11.0. The summed E-state index contributed by atoms with van der Waals surface area (Å²) < 4.78 is 39.4. The number of likely N-dealkylation sites (tertiary alicyclic amines) is 1. The van der Waals surface area contributed by atoms with Gasteiger partial charge in [0.15, 0.2) is 5.69 Å². The molecule has 3 rings (SSSR count). The van der Waals surface area contributed by atoms with Crippen LogP contribution in [0.4, 0.5) is 13.2 Å². The second-order valence-corrected chi connectivity index (χ2v) is 10.5. The second kappa shape index (κ2) is 9.00. The van der Waals surface area contributed by atoms with Gasteiger partial charge in [-0.3, -0.25) is 15.5 Å². The Morgan fingerprint density at radius 3 is 2.44 bits per heavy atom. The smallest absolute Gasteiger partial charge is 0.370 e. The van der Waals surface area contributed by atoms with Crippen LogP contribution in [0.1, 0.15) is 57.8 Å². The number of allylic oxidation sites excluding steroid dienone is 1. The summed E-state index contributed by atoms with van der Waals surface area (Å²) in [5, 5.41) is 22.6. The van der Waals surface area contributed by atoms with Gasteiger partial charge in [-0.1, -0.05) is 20.8 Å². The summed E-state index contributed by atoms with van der Waals surface area (Å²) in [5.74, 6) is 0.726. The van der Waals surface area contributed by atoms with E-state index < -0.39 is 11.9 Å². The van der Waals surface area contributed by atoms with E-state index in [0.717, 1.165) is 36.9 Å². The van der Waals surface area contributed by atoms with Crippen LogP contribution in [0.15, 0.2) is 18.2 Å². The minimum absolute atomic E-state index is 0.0562. The first kappa shape index (κ1) is 24.5. The molecule has 9 heteroatoms. The fourth-order valence-corrected chi connectivity index (χ4v) is 4.45. The van der Waals surface area contributed by atoms with Gasteiger partial charge in [-0.2, -0.15) is 18.3 Å². The Kier molecular flexibility index (Phi) is 6.88. The summed E-state index contributed by atoms with van der Waals surface area (Å²) >= 11 is 0. The van der Waals surface area contributed by atoms with Crippen LogP contribution in [0.3, 0.4) is 0 Å². The van der Waals surface area contributed by atoms with Gasteiger partial charge in [0.1, 0.15) is 5.84 Å². The van der Waals surface area contributed by atoms with Crippen molar-refractivity contribution in [3.63, 3.8) is 0 Å². The molecule has 6 nitrogen and oxygen atoms in total. The minimum Gasteiger partial charge on any atom is -0.370 e. The Morgan fingerprint density at radius 1 is 1.22 bits per heavy atom. The maximum Gasteiger partial charge on any atom is 0.435 e. The number of nitrogens with one attached hydrogen (secondary N) is 3. The highest BCUT2D eigenvalue weighted by atomic mass is 19.4. The SMILES string of the molecule is Cn1nc(C(F)(F)F)cc1C(=N)/C=C\C(=N)NCC1CC12CCN(CCC(C)(C)C)CC2. The molecule has 2 aliphatic rings. The number of hydrogen-bond donors (Lipinski definition) is 3. The summed E-state index contributed by atoms with van der Waals surface area (Å²) in [6.07, 6.45) is 3.03. The Hall–Kier alpha value is -2.16. The average Bonchev–Trinajstić information content (AvgIpc) is 3.19. The molecule has 1 spiro atoms. The Labute approximate surface area is 188 Å². The summed E-state index contributed by atoms with van der Waals surface area (Å²) in [4.78, 5) is 2.57. The molecule has 3 N–H and O–H groups in total. The molecule has 1 aromatic rings. The van der Waals surface area contributed by atoms with Crippen LogP contribution in [0.5, 0.6) is 0 Å². The van der Waals surface area contributed by atoms with Gasteiger partial charge in [0, 0.05) is 13.6 Å². The fourth-order valence-electron chi connectivity index (χ4n) is 4.45. The van der Waals surface area contributed by atoms with E-state index in [2.05, 4.69) is 36.1 Å². The lowest BCUT2D eigenvalue weighted by molar-refractivity contribution is -0.141. The van der Waals surface area contributed by atoms with Crippen molar-refractivity contribution < 1.29 is 13.2 Å². The first-order chi connectivity index (χ1) is 14.8. The summed E-state index contributed by atoms with van der Waals surface area (Å²) in [5.41, 5.74) is -0.314.